The van der Waals surface area contributed by atoms with Gasteiger partial charge in [0, 0.05) is 66.4 Å². The van der Waals surface area contributed by atoms with Crippen LogP contribution in [0.3, 0.4) is 0 Å². The zero-order valence-corrected chi connectivity index (χ0v) is 19.9. The van der Waals surface area contributed by atoms with Gasteiger partial charge in [-0.1, -0.05) is 18.2 Å². The van der Waals surface area contributed by atoms with E-state index in [2.05, 4.69) is 29.6 Å². The molecule has 0 aromatic heterocycles. The van der Waals surface area contributed by atoms with Gasteiger partial charge < -0.3 is 20.1 Å². The van der Waals surface area contributed by atoms with Gasteiger partial charge in [0.05, 0.1) is 12.0 Å². The Morgan fingerprint density at radius 1 is 1.06 bits per heavy atom. The second-order valence-electron chi connectivity index (χ2n) is 9.47. The molecule has 1 amide bonds. The molecule has 0 saturated carbocycles. The van der Waals surface area contributed by atoms with Crippen LogP contribution < -0.4 is 20.6 Å². The summed E-state index contributed by atoms with van der Waals surface area (Å²) in [4.78, 5) is 19.7. The zero-order valence-electron chi connectivity index (χ0n) is 19.9. The summed E-state index contributed by atoms with van der Waals surface area (Å²) in [6.45, 7) is 2.01. The Morgan fingerprint density at radius 2 is 1.91 bits per heavy atom. The molecule has 6 heteroatoms. The van der Waals surface area contributed by atoms with E-state index >= 15 is 0 Å². The Balaban J connectivity index is 1.65. The van der Waals surface area contributed by atoms with Gasteiger partial charge in [0.1, 0.15) is 11.5 Å². The zero-order chi connectivity index (χ0) is 23.9. The van der Waals surface area contributed by atoms with Crippen LogP contribution in [0.25, 0.3) is 5.57 Å². The number of fused-ring (bicyclic) bond motifs is 4. The van der Waals surface area contributed by atoms with E-state index in [0.717, 1.165) is 83.2 Å². The van der Waals surface area contributed by atoms with Crippen molar-refractivity contribution < 1.29 is 14.6 Å². The summed E-state index contributed by atoms with van der Waals surface area (Å²) in [7, 11) is 1.73. The second-order valence-corrected chi connectivity index (χ2v) is 9.47. The van der Waals surface area contributed by atoms with Crippen molar-refractivity contribution >= 4 is 17.2 Å². The van der Waals surface area contributed by atoms with Crippen molar-refractivity contribution in [2.24, 2.45) is 4.99 Å². The highest BCUT2D eigenvalue weighted by Crippen LogP contribution is 2.41. The smallest absolute Gasteiger partial charge is 0.254 e. The van der Waals surface area contributed by atoms with Crippen LogP contribution in [0, 0.1) is 0 Å². The fourth-order valence-electron chi connectivity index (χ4n) is 5.39. The van der Waals surface area contributed by atoms with E-state index in [9.17, 15) is 9.90 Å². The monoisotopic (exact) mass is 467 g/mol. The lowest BCUT2D eigenvalue weighted by molar-refractivity contribution is 0.0766. The summed E-state index contributed by atoms with van der Waals surface area (Å²) >= 11 is 0. The summed E-state index contributed by atoms with van der Waals surface area (Å²) in [6.07, 6.45) is 4.13. The number of benzene rings is 3. The lowest BCUT2D eigenvalue weighted by Gasteiger charge is -2.27. The topological polar surface area (TPSA) is 74.2 Å². The SMILES string of the molecule is CN(CCO)C(=O)c1ccccc1C1=c2cc3c(cc2Oc2cc4c(cc21)CCCN4)=NCCC3. The number of rotatable bonds is 4. The second kappa shape index (κ2) is 8.86. The Kier molecular flexibility index (Phi) is 5.53. The number of hydrogen-bond donors (Lipinski definition) is 2. The number of anilines is 1. The first-order valence-electron chi connectivity index (χ1n) is 12.4. The van der Waals surface area contributed by atoms with Crippen LogP contribution in [0.2, 0.25) is 0 Å². The molecule has 0 aliphatic carbocycles. The molecule has 3 aromatic rings. The Hall–Kier alpha value is -3.64. The minimum atomic E-state index is -0.107. The molecular formula is C29H29N3O3. The van der Waals surface area contributed by atoms with Crippen LogP contribution >= 0.6 is 0 Å². The number of likely N-dealkylation sites (N-methyl/N-ethyl adjacent to an activating group) is 1. The molecule has 0 saturated heterocycles. The lowest BCUT2D eigenvalue weighted by atomic mass is 9.86. The van der Waals surface area contributed by atoms with Gasteiger partial charge in [0.2, 0.25) is 0 Å². The summed E-state index contributed by atoms with van der Waals surface area (Å²) in [6, 6.07) is 16.4. The summed E-state index contributed by atoms with van der Waals surface area (Å²) < 4.78 is 6.50. The molecule has 0 fully saturated rings. The van der Waals surface area contributed by atoms with E-state index in [0.29, 0.717) is 5.56 Å². The van der Waals surface area contributed by atoms with Gasteiger partial charge in [0.15, 0.2) is 0 Å². The van der Waals surface area contributed by atoms with Gasteiger partial charge >= 0.3 is 0 Å². The number of aliphatic hydroxyl groups is 1. The van der Waals surface area contributed by atoms with Crippen molar-refractivity contribution in [2.45, 2.75) is 25.7 Å². The van der Waals surface area contributed by atoms with Crippen molar-refractivity contribution in [3.8, 4) is 11.5 Å². The third-order valence-electron chi connectivity index (χ3n) is 7.18. The van der Waals surface area contributed by atoms with Gasteiger partial charge in [-0.3, -0.25) is 9.79 Å². The van der Waals surface area contributed by atoms with Crippen LogP contribution in [-0.4, -0.2) is 49.2 Å². The van der Waals surface area contributed by atoms with Crippen molar-refractivity contribution in [2.75, 3.05) is 38.6 Å². The van der Waals surface area contributed by atoms with Gasteiger partial charge in [0.25, 0.3) is 5.91 Å². The van der Waals surface area contributed by atoms with Gasteiger partial charge in [-0.05, 0) is 60.6 Å². The molecule has 3 heterocycles. The third-order valence-corrected chi connectivity index (χ3v) is 7.18. The van der Waals surface area contributed by atoms with Crippen LogP contribution in [0.1, 0.15) is 45.5 Å². The highest BCUT2D eigenvalue weighted by molar-refractivity contribution is 6.02. The van der Waals surface area contributed by atoms with Crippen molar-refractivity contribution in [1.29, 1.82) is 0 Å². The van der Waals surface area contributed by atoms with Crippen LogP contribution in [0.15, 0.2) is 53.5 Å². The number of nitrogens with zero attached hydrogens (tertiary/aromatic N) is 2. The number of ether oxygens (including phenoxy) is 1. The molecule has 0 atom stereocenters. The van der Waals surface area contributed by atoms with Gasteiger partial charge in [-0.25, -0.2) is 0 Å². The van der Waals surface area contributed by atoms with E-state index in [-0.39, 0.29) is 19.1 Å². The Labute approximate surface area is 204 Å². The van der Waals surface area contributed by atoms with Crippen molar-refractivity contribution in [3.05, 3.63) is 86.9 Å². The highest BCUT2D eigenvalue weighted by Gasteiger charge is 2.27. The van der Waals surface area contributed by atoms with Crippen molar-refractivity contribution in [1.82, 2.24) is 4.90 Å². The van der Waals surface area contributed by atoms with Gasteiger partial charge in [-0.2, -0.15) is 0 Å². The van der Waals surface area contributed by atoms with E-state index in [1.165, 1.54) is 11.1 Å². The molecule has 2 N–H and O–H groups in total. The van der Waals surface area contributed by atoms with Gasteiger partial charge in [-0.15, -0.1) is 0 Å². The molecule has 35 heavy (non-hydrogen) atoms. The normalized spacial score (nSPS) is 15.4. The molecule has 0 bridgehead atoms. The Morgan fingerprint density at radius 3 is 2.80 bits per heavy atom. The highest BCUT2D eigenvalue weighted by atomic mass is 16.5. The summed E-state index contributed by atoms with van der Waals surface area (Å²) in [5.41, 5.74) is 7.14. The summed E-state index contributed by atoms with van der Waals surface area (Å²) in [5.74, 6) is 1.46. The first-order valence-corrected chi connectivity index (χ1v) is 12.4. The fraction of sp³-hybridized carbons (Fsp3) is 0.310. The maximum atomic E-state index is 13.4. The number of carbonyl (C=O) groups excluding carboxylic acids is 1. The minimum absolute atomic E-state index is 0.0741. The number of amides is 1. The average molecular weight is 468 g/mol. The van der Waals surface area contributed by atoms with Crippen LogP contribution in [-0.2, 0) is 12.8 Å². The first kappa shape index (κ1) is 21.9. The van der Waals surface area contributed by atoms with Crippen LogP contribution in [0.5, 0.6) is 11.5 Å². The van der Waals surface area contributed by atoms with E-state index in [4.69, 9.17) is 9.73 Å². The van der Waals surface area contributed by atoms with Crippen LogP contribution in [0.4, 0.5) is 5.69 Å². The fourth-order valence-corrected chi connectivity index (χ4v) is 5.39. The number of aliphatic hydroxyl groups excluding tert-OH is 1. The molecule has 6 nitrogen and oxygen atoms in total. The minimum Gasteiger partial charge on any atom is -0.456 e. The standard InChI is InChI=1S/C29H29N3O3/c1-32(12-13-33)29(34)21-9-3-2-8-20(21)28-22-14-18-6-4-10-30-24(18)16-26(22)35-27-17-25-19(15-23(27)28)7-5-11-31-25/h2-3,8-9,14-17,30,33H,4-7,10-13H2,1H3. The van der Waals surface area contributed by atoms with Crippen molar-refractivity contribution in [3.63, 3.8) is 0 Å². The molecule has 178 valence electrons. The number of nitrogens with one attached hydrogen (secondary N) is 1. The number of aryl methyl sites for hydroxylation is 2. The molecule has 0 unspecified atom stereocenters. The van der Waals surface area contributed by atoms with E-state index < -0.39 is 0 Å². The molecule has 3 aliphatic rings. The molecule has 3 aliphatic heterocycles. The lowest BCUT2D eigenvalue weighted by Crippen LogP contribution is -2.31. The predicted molar refractivity (Wildman–Crippen MR) is 136 cm³/mol. The quantitative estimate of drug-likeness (QED) is 0.484. The maximum Gasteiger partial charge on any atom is 0.254 e. The molecule has 6 rings (SSSR count). The van der Waals surface area contributed by atoms with E-state index in [1.807, 2.05) is 24.3 Å². The molecule has 3 aromatic carbocycles. The molecular weight excluding hydrogens is 438 g/mol. The number of hydrogen-bond acceptors (Lipinski definition) is 5. The first-order chi connectivity index (χ1) is 17.1. The number of carbonyl (C=O) groups is 1. The average Bonchev–Trinajstić information content (AvgIpc) is 2.89. The summed E-state index contributed by atoms with van der Waals surface area (Å²) in [5, 5.41) is 14.9. The Bertz CT molecular complexity index is 1460. The maximum absolute atomic E-state index is 13.4. The molecule has 0 radical (unpaired) electrons. The largest absolute Gasteiger partial charge is 0.456 e. The third kappa shape index (κ3) is 3.78. The van der Waals surface area contributed by atoms with E-state index in [1.54, 1.807) is 11.9 Å². The predicted octanol–water partition coefficient (Wildman–Crippen LogP) is 3.03. The molecule has 0 spiro atoms.